The van der Waals surface area contributed by atoms with Gasteiger partial charge in [0.25, 0.3) is 0 Å². The van der Waals surface area contributed by atoms with Crippen LogP contribution in [0.4, 0.5) is 11.4 Å². The number of nitro benzene ring substituents is 1. The number of nitro groups is 1. The second-order valence-electron chi connectivity index (χ2n) is 3.91. The van der Waals surface area contributed by atoms with Crippen molar-refractivity contribution in [1.82, 2.24) is 0 Å². The predicted molar refractivity (Wildman–Crippen MR) is 77.3 cm³/mol. The van der Waals surface area contributed by atoms with Crippen molar-refractivity contribution >= 4 is 22.4 Å². The molecule has 7 heteroatoms. The number of anilines is 1. The second-order valence-corrected chi connectivity index (χ2v) is 5.02. The minimum absolute atomic E-state index is 0.0941. The number of nitrogens with zero attached hydrogens (tertiary/aromatic N) is 1. The molecule has 0 saturated carbocycles. The number of hydrogen-bond acceptors (Lipinski definition) is 4. The summed E-state index contributed by atoms with van der Waals surface area (Å²) in [5, 5.41) is 11.0. The van der Waals surface area contributed by atoms with Crippen LogP contribution in [0.15, 0.2) is 48.5 Å². The Bertz CT molecular complexity index is 646. The summed E-state index contributed by atoms with van der Waals surface area (Å²) in [4.78, 5) is 10.5. The van der Waals surface area contributed by atoms with Gasteiger partial charge in [-0.15, -0.1) is 0 Å². The van der Waals surface area contributed by atoms with Crippen LogP contribution in [0, 0.1) is 10.1 Å². The summed E-state index contributed by atoms with van der Waals surface area (Å²) in [5.41, 5.74) is 0.337. The average molecular weight is 292 g/mol. The van der Waals surface area contributed by atoms with Gasteiger partial charge in [0, 0.05) is 18.4 Å². The van der Waals surface area contributed by atoms with Crippen molar-refractivity contribution in [2.24, 2.45) is 0 Å². The standard InChI is InChI=1S/C13H12N2O4S/c1-20(18)14-10-7-8-12(15(16)17)13(9-10)19-11-5-3-2-4-6-11/h2-9,14H,1H3. The van der Waals surface area contributed by atoms with Crippen LogP contribution < -0.4 is 9.46 Å². The zero-order valence-electron chi connectivity index (χ0n) is 10.6. The Labute approximate surface area is 118 Å². The number of ether oxygens (including phenoxy) is 1. The number of nitrogens with one attached hydrogen (secondary N) is 1. The molecule has 1 atom stereocenters. The molecule has 0 bridgehead atoms. The van der Waals surface area contributed by atoms with Crippen LogP contribution in [-0.2, 0) is 11.0 Å². The highest BCUT2D eigenvalue weighted by atomic mass is 32.2. The molecule has 1 unspecified atom stereocenters. The summed E-state index contributed by atoms with van der Waals surface area (Å²) < 4.78 is 19.3. The van der Waals surface area contributed by atoms with E-state index in [1.807, 2.05) is 6.07 Å². The lowest BCUT2D eigenvalue weighted by atomic mass is 10.2. The van der Waals surface area contributed by atoms with Crippen molar-refractivity contribution in [2.45, 2.75) is 0 Å². The van der Waals surface area contributed by atoms with Crippen molar-refractivity contribution in [3.05, 3.63) is 58.6 Å². The van der Waals surface area contributed by atoms with Crippen molar-refractivity contribution in [1.29, 1.82) is 0 Å². The Morgan fingerprint density at radius 2 is 1.90 bits per heavy atom. The first-order valence-corrected chi connectivity index (χ1v) is 7.23. The Morgan fingerprint density at radius 3 is 2.50 bits per heavy atom. The van der Waals surface area contributed by atoms with Crippen LogP contribution in [0.25, 0.3) is 0 Å². The van der Waals surface area contributed by atoms with Crippen molar-refractivity contribution < 1.29 is 13.9 Å². The van der Waals surface area contributed by atoms with E-state index in [0.29, 0.717) is 11.4 Å². The van der Waals surface area contributed by atoms with Crippen LogP contribution >= 0.6 is 0 Å². The first-order chi connectivity index (χ1) is 9.56. The molecule has 1 N–H and O–H groups in total. The zero-order chi connectivity index (χ0) is 14.5. The van der Waals surface area contributed by atoms with Crippen LogP contribution in [0.5, 0.6) is 11.5 Å². The van der Waals surface area contributed by atoms with Crippen molar-refractivity contribution in [3.8, 4) is 11.5 Å². The Hall–Kier alpha value is -2.41. The zero-order valence-corrected chi connectivity index (χ0v) is 11.4. The SMILES string of the molecule is CS(=O)Nc1ccc([N+](=O)[O-])c(Oc2ccccc2)c1. The lowest BCUT2D eigenvalue weighted by molar-refractivity contribution is -0.385. The summed E-state index contributed by atoms with van der Waals surface area (Å²) in [7, 11) is -1.26. The molecule has 2 aromatic rings. The van der Waals surface area contributed by atoms with E-state index in [2.05, 4.69) is 4.72 Å². The fourth-order valence-electron chi connectivity index (χ4n) is 1.59. The molecule has 2 aromatic carbocycles. The average Bonchev–Trinajstić information content (AvgIpc) is 2.39. The van der Waals surface area contributed by atoms with E-state index in [4.69, 9.17) is 4.74 Å². The summed E-state index contributed by atoms with van der Waals surface area (Å²) in [6.07, 6.45) is 1.47. The Morgan fingerprint density at radius 1 is 1.20 bits per heavy atom. The van der Waals surface area contributed by atoms with Crippen molar-refractivity contribution in [2.75, 3.05) is 11.0 Å². The molecular weight excluding hydrogens is 280 g/mol. The van der Waals surface area contributed by atoms with E-state index in [9.17, 15) is 14.3 Å². The van der Waals surface area contributed by atoms with Gasteiger partial charge in [-0.2, -0.15) is 0 Å². The quantitative estimate of drug-likeness (QED) is 0.678. The van der Waals surface area contributed by atoms with Crippen LogP contribution in [0.1, 0.15) is 0 Å². The maximum absolute atomic E-state index is 11.1. The van der Waals surface area contributed by atoms with Gasteiger partial charge in [0.2, 0.25) is 5.75 Å². The maximum Gasteiger partial charge on any atom is 0.311 e. The molecule has 0 saturated heterocycles. The number of benzene rings is 2. The number of para-hydroxylation sites is 1. The molecule has 2 rings (SSSR count). The first kappa shape index (κ1) is 14.0. The third-order valence-corrected chi connectivity index (χ3v) is 2.91. The lowest BCUT2D eigenvalue weighted by Crippen LogP contribution is -2.02. The maximum atomic E-state index is 11.1. The fraction of sp³-hybridized carbons (Fsp3) is 0.0769. The molecule has 0 aliphatic carbocycles. The van der Waals surface area contributed by atoms with Gasteiger partial charge in [-0.1, -0.05) is 18.2 Å². The summed E-state index contributed by atoms with van der Waals surface area (Å²) in [6, 6.07) is 13.0. The van der Waals surface area contributed by atoms with E-state index < -0.39 is 15.9 Å². The molecule has 0 spiro atoms. The van der Waals surface area contributed by atoms with Crippen LogP contribution in [0.2, 0.25) is 0 Å². The van der Waals surface area contributed by atoms with Gasteiger partial charge < -0.3 is 9.46 Å². The summed E-state index contributed by atoms with van der Waals surface area (Å²) in [6.45, 7) is 0. The van der Waals surface area contributed by atoms with Gasteiger partial charge in [-0.05, 0) is 18.2 Å². The highest BCUT2D eigenvalue weighted by Crippen LogP contribution is 2.33. The van der Waals surface area contributed by atoms with E-state index >= 15 is 0 Å². The van der Waals surface area contributed by atoms with E-state index in [0.717, 1.165) is 0 Å². The van der Waals surface area contributed by atoms with Crippen LogP contribution in [0.3, 0.4) is 0 Å². The minimum Gasteiger partial charge on any atom is -0.450 e. The monoisotopic (exact) mass is 292 g/mol. The Balaban J connectivity index is 2.36. The third kappa shape index (κ3) is 3.55. The molecule has 0 radical (unpaired) electrons. The molecule has 0 aliphatic rings. The van der Waals surface area contributed by atoms with Gasteiger partial charge in [-0.25, -0.2) is 4.21 Å². The highest BCUT2D eigenvalue weighted by molar-refractivity contribution is 7.85. The van der Waals surface area contributed by atoms with E-state index in [1.54, 1.807) is 24.3 Å². The Kier molecular flexibility index (Phi) is 4.31. The minimum atomic E-state index is -1.26. The molecule has 104 valence electrons. The molecule has 0 heterocycles. The molecule has 0 aromatic heterocycles. The first-order valence-electron chi connectivity index (χ1n) is 5.67. The molecule has 0 aliphatic heterocycles. The van der Waals surface area contributed by atoms with Gasteiger partial charge in [-0.3, -0.25) is 10.1 Å². The number of rotatable bonds is 5. The molecule has 6 nitrogen and oxygen atoms in total. The highest BCUT2D eigenvalue weighted by Gasteiger charge is 2.16. The normalized spacial score (nSPS) is 11.7. The fourth-order valence-corrected chi connectivity index (χ4v) is 2.05. The topological polar surface area (TPSA) is 81.5 Å². The van der Waals surface area contributed by atoms with Gasteiger partial charge >= 0.3 is 5.69 Å². The second kappa shape index (κ2) is 6.16. The van der Waals surface area contributed by atoms with E-state index in [1.165, 1.54) is 24.5 Å². The smallest absolute Gasteiger partial charge is 0.311 e. The van der Waals surface area contributed by atoms with Crippen LogP contribution in [-0.4, -0.2) is 15.4 Å². The molecule has 0 amide bonds. The lowest BCUT2D eigenvalue weighted by Gasteiger charge is -2.08. The van der Waals surface area contributed by atoms with Gasteiger partial charge in [0.1, 0.15) is 16.7 Å². The molecular formula is C13H12N2O4S. The molecule has 20 heavy (non-hydrogen) atoms. The predicted octanol–water partition coefficient (Wildman–Crippen LogP) is 3.09. The third-order valence-electron chi connectivity index (χ3n) is 2.39. The molecule has 0 fully saturated rings. The summed E-state index contributed by atoms with van der Waals surface area (Å²) in [5.74, 6) is 0.585. The summed E-state index contributed by atoms with van der Waals surface area (Å²) >= 11 is 0. The van der Waals surface area contributed by atoms with E-state index in [-0.39, 0.29) is 11.4 Å². The number of hydrogen-bond donors (Lipinski definition) is 1. The van der Waals surface area contributed by atoms with Gasteiger partial charge in [0.05, 0.1) is 10.6 Å². The largest absolute Gasteiger partial charge is 0.450 e. The van der Waals surface area contributed by atoms with Gasteiger partial charge in [0.15, 0.2) is 0 Å². The van der Waals surface area contributed by atoms with Crippen molar-refractivity contribution in [3.63, 3.8) is 0 Å².